The van der Waals surface area contributed by atoms with Crippen LogP contribution in [0, 0.1) is 0 Å². The van der Waals surface area contributed by atoms with Crippen LogP contribution in [-0.2, 0) is 0 Å². The molecule has 0 radical (unpaired) electrons. The van der Waals surface area contributed by atoms with Crippen LogP contribution in [0.25, 0.3) is 0 Å². The van der Waals surface area contributed by atoms with Gasteiger partial charge in [0.05, 0.1) is 5.56 Å². The number of alkyl halides is 3. The minimum Gasteiger partial charge on any atom is -0.338 e. The average molecular weight is 342 g/mol. The van der Waals surface area contributed by atoms with Crippen molar-refractivity contribution in [3.63, 3.8) is 0 Å². The molecule has 0 bridgehead atoms. The molecule has 1 aromatic heterocycles. The fourth-order valence-corrected chi connectivity index (χ4v) is 2.62. The quantitative estimate of drug-likeness (QED) is 0.840. The number of carbonyl (C=O) groups is 1. The molecule has 1 aliphatic heterocycles. The molecule has 1 fully saturated rings. The van der Waals surface area contributed by atoms with Crippen LogP contribution in [0.1, 0.15) is 23.2 Å². The van der Waals surface area contributed by atoms with Crippen molar-refractivity contribution in [2.75, 3.05) is 13.1 Å². The van der Waals surface area contributed by atoms with Crippen molar-refractivity contribution in [3.05, 3.63) is 23.9 Å². The molecule has 0 spiro atoms. The number of nitrogens with zero attached hydrogens (tertiary/aromatic N) is 2. The van der Waals surface area contributed by atoms with Crippen LogP contribution in [0.3, 0.4) is 0 Å². The molecule has 21 heavy (non-hydrogen) atoms. The summed E-state index contributed by atoms with van der Waals surface area (Å²) in [5.41, 5.74) is 1.27. The molecular weight excluding hydrogens is 327 g/mol. The lowest BCUT2D eigenvalue weighted by Crippen LogP contribution is -2.43. The van der Waals surface area contributed by atoms with E-state index in [4.69, 9.17) is 5.73 Å². The van der Waals surface area contributed by atoms with Gasteiger partial charge in [0.2, 0.25) is 0 Å². The number of nitrogens with two attached hydrogens (primary N) is 1. The zero-order chi connectivity index (χ0) is 14.8. The molecule has 4 nitrogen and oxygen atoms in total. The lowest BCUT2D eigenvalue weighted by atomic mass is 10.1. The van der Waals surface area contributed by atoms with E-state index in [0.717, 1.165) is 0 Å². The Bertz CT molecular complexity index is 493. The standard InChI is InChI=1S/C12H14F3N3OS.ClH/c13-12(14,15)20-10-9(2-1-5-17-10)11(19)18-6-3-8(16)4-7-18;/h1-2,5,8H,3-4,6-7,16H2;1H. The lowest BCUT2D eigenvalue weighted by Gasteiger charge is -2.30. The van der Waals surface area contributed by atoms with Crippen LogP contribution in [0.5, 0.6) is 0 Å². The Kier molecular flexibility index (Phi) is 6.30. The second kappa shape index (κ2) is 7.33. The summed E-state index contributed by atoms with van der Waals surface area (Å²) in [5.74, 6) is -0.420. The molecule has 0 atom stereocenters. The Hall–Kier alpha value is -0.990. The summed E-state index contributed by atoms with van der Waals surface area (Å²) in [6.07, 6.45) is 2.57. The molecule has 0 unspecified atom stereocenters. The van der Waals surface area contributed by atoms with Crippen LogP contribution in [0.2, 0.25) is 0 Å². The minimum atomic E-state index is -4.46. The maximum atomic E-state index is 12.5. The number of pyridine rings is 1. The van der Waals surface area contributed by atoms with E-state index in [-0.39, 0.29) is 40.8 Å². The summed E-state index contributed by atoms with van der Waals surface area (Å²) < 4.78 is 37.4. The smallest absolute Gasteiger partial charge is 0.338 e. The molecular formula is C12H15ClF3N3OS. The number of halogens is 4. The van der Waals surface area contributed by atoms with Gasteiger partial charge in [-0.3, -0.25) is 4.79 Å². The highest BCUT2D eigenvalue weighted by Gasteiger charge is 2.33. The van der Waals surface area contributed by atoms with Crippen molar-refractivity contribution in [2.24, 2.45) is 5.73 Å². The van der Waals surface area contributed by atoms with Gasteiger partial charge in [-0.2, -0.15) is 13.2 Å². The summed E-state index contributed by atoms with van der Waals surface area (Å²) in [4.78, 5) is 17.5. The van der Waals surface area contributed by atoms with Gasteiger partial charge in [0, 0.05) is 37.1 Å². The zero-order valence-corrected chi connectivity index (χ0v) is 12.6. The van der Waals surface area contributed by atoms with Gasteiger partial charge in [0.15, 0.2) is 0 Å². The van der Waals surface area contributed by atoms with Crippen LogP contribution in [-0.4, -0.2) is 40.4 Å². The van der Waals surface area contributed by atoms with Crippen molar-refractivity contribution in [2.45, 2.75) is 29.4 Å². The SMILES string of the molecule is Cl.NC1CCN(C(=O)c2cccnc2SC(F)(F)F)CC1. The highest BCUT2D eigenvalue weighted by Crippen LogP contribution is 2.37. The molecule has 1 amide bonds. The number of piperidine rings is 1. The first-order valence-corrected chi connectivity index (χ1v) is 6.94. The predicted octanol–water partition coefficient (Wildman–Crippen LogP) is 2.68. The fourth-order valence-electron chi connectivity index (χ4n) is 2.02. The van der Waals surface area contributed by atoms with Crippen LogP contribution >= 0.6 is 24.2 Å². The number of hydrogen-bond acceptors (Lipinski definition) is 4. The Balaban J connectivity index is 0.00000220. The molecule has 118 valence electrons. The summed E-state index contributed by atoms with van der Waals surface area (Å²) in [7, 11) is 0. The van der Waals surface area contributed by atoms with Gasteiger partial charge in [0.25, 0.3) is 5.91 Å². The first-order chi connectivity index (χ1) is 9.37. The van der Waals surface area contributed by atoms with Gasteiger partial charge in [-0.25, -0.2) is 4.98 Å². The summed E-state index contributed by atoms with van der Waals surface area (Å²) in [6, 6.07) is 2.89. The van der Waals surface area contributed by atoms with Crippen molar-refractivity contribution in [1.29, 1.82) is 0 Å². The minimum absolute atomic E-state index is 0. The molecule has 1 aliphatic rings. The largest absolute Gasteiger partial charge is 0.447 e. The van der Waals surface area contributed by atoms with E-state index in [1.807, 2.05) is 0 Å². The second-order valence-electron chi connectivity index (χ2n) is 4.53. The maximum absolute atomic E-state index is 12.5. The van der Waals surface area contributed by atoms with Crippen LogP contribution in [0.4, 0.5) is 13.2 Å². The molecule has 1 aromatic rings. The normalized spacial score (nSPS) is 16.5. The molecule has 2 N–H and O–H groups in total. The zero-order valence-electron chi connectivity index (χ0n) is 11.0. The average Bonchev–Trinajstić information content (AvgIpc) is 2.37. The molecule has 2 heterocycles. The summed E-state index contributed by atoms with van der Waals surface area (Å²) >= 11 is -0.363. The van der Waals surface area contributed by atoms with Gasteiger partial charge >= 0.3 is 5.51 Å². The molecule has 2 rings (SSSR count). The molecule has 0 saturated carbocycles. The Morgan fingerprint density at radius 1 is 1.38 bits per heavy atom. The van der Waals surface area contributed by atoms with E-state index in [2.05, 4.69) is 4.98 Å². The van der Waals surface area contributed by atoms with Gasteiger partial charge in [-0.15, -0.1) is 12.4 Å². The van der Waals surface area contributed by atoms with Gasteiger partial charge in [-0.05, 0) is 25.0 Å². The van der Waals surface area contributed by atoms with E-state index in [1.165, 1.54) is 23.2 Å². The second-order valence-corrected chi connectivity index (χ2v) is 5.59. The number of rotatable bonds is 2. The number of thioether (sulfide) groups is 1. The Labute approximate surface area is 130 Å². The van der Waals surface area contributed by atoms with Crippen molar-refractivity contribution in [3.8, 4) is 0 Å². The first-order valence-electron chi connectivity index (χ1n) is 6.12. The Morgan fingerprint density at radius 3 is 2.57 bits per heavy atom. The summed E-state index contributed by atoms with van der Waals surface area (Å²) in [5, 5.41) is -0.306. The van der Waals surface area contributed by atoms with Gasteiger partial charge < -0.3 is 10.6 Å². The van der Waals surface area contributed by atoms with E-state index in [9.17, 15) is 18.0 Å². The van der Waals surface area contributed by atoms with Crippen molar-refractivity contribution >= 4 is 30.1 Å². The number of amides is 1. The third-order valence-corrected chi connectivity index (χ3v) is 3.79. The highest BCUT2D eigenvalue weighted by molar-refractivity contribution is 8.00. The van der Waals surface area contributed by atoms with E-state index < -0.39 is 11.4 Å². The number of likely N-dealkylation sites (tertiary alicyclic amines) is 1. The van der Waals surface area contributed by atoms with E-state index in [1.54, 1.807) is 0 Å². The molecule has 1 saturated heterocycles. The number of hydrogen-bond donors (Lipinski definition) is 1. The van der Waals surface area contributed by atoms with E-state index >= 15 is 0 Å². The maximum Gasteiger partial charge on any atom is 0.447 e. The third-order valence-electron chi connectivity index (χ3n) is 3.04. The fraction of sp³-hybridized carbons (Fsp3) is 0.500. The van der Waals surface area contributed by atoms with Crippen molar-refractivity contribution in [1.82, 2.24) is 9.88 Å². The highest BCUT2D eigenvalue weighted by atomic mass is 35.5. The number of aromatic nitrogens is 1. The molecule has 9 heteroatoms. The molecule has 0 aliphatic carbocycles. The van der Waals surface area contributed by atoms with Crippen LogP contribution in [0.15, 0.2) is 23.4 Å². The third kappa shape index (κ3) is 5.05. The number of carbonyl (C=O) groups excluding carboxylic acids is 1. The molecule has 0 aromatic carbocycles. The van der Waals surface area contributed by atoms with Crippen molar-refractivity contribution < 1.29 is 18.0 Å². The first kappa shape index (κ1) is 18.1. The van der Waals surface area contributed by atoms with Gasteiger partial charge in [0.1, 0.15) is 5.03 Å². The Morgan fingerprint density at radius 2 is 2.00 bits per heavy atom. The van der Waals surface area contributed by atoms with E-state index in [0.29, 0.717) is 25.9 Å². The topological polar surface area (TPSA) is 59.2 Å². The summed E-state index contributed by atoms with van der Waals surface area (Å²) in [6.45, 7) is 0.927. The monoisotopic (exact) mass is 341 g/mol. The van der Waals surface area contributed by atoms with Crippen LogP contribution < -0.4 is 5.73 Å². The lowest BCUT2D eigenvalue weighted by molar-refractivity contribution is -0.0329. The van der Waals surface area contributed by atoms with Gasteiger partial charge in [-0.1, -0.05) is 0 Å². The predicted molar refractivity (Wildman–Crippen MR) is 76.5 cm³/mol.